The molecule has 0 fully saturated rings. The normalized spacial score (nSPS) is 12.6. The molecule has 1 amide bonds. The number of para-hydroxylation sites is 2. The lowest BCUT2D eigenvalue weighted by molar-refractivity contribution is -0.123. The summed E-state index contributed by atoms with van der Waals surface area (Å²) in [6.45, 7) is 1.63. The molecule has 0 unspecified atom stereocenters. The summed E-state index contributed by atoms with van der Waals surface area (Å²) in [6.07, 6.45) is 4.78. The minimum atomic E-state index is -0.741. The molecule has 1 atom stereocenters. The second-order valence-corrected chi connectivity index (χ2v) is 6.17. The average Bonchev–Trinajstić information content (AvgIpc) is 3.11. The lowest BCUT2D eigenvalue weighted by Gasteiger charge is -2.13. The predicted octanol–water partition coefficient (Wildman–Crippen LogP) is 2.59. The highest BCUT2D eigenvalue weighted by atomic mass is 16.2. The molecule has 2 heterocycles. The van der Waals surface area contributed by atoms with Crippen LogP contribution in [-0.4, -0.2) is 26.7 Å². The molecule has 4 rings (SSSR count). The van der Waals surface area contributed by atoms with Crippen LogP contribution in [0.25, 0.3) is 21.8 Å². The Bertz CT molecular complexity index is 1220. The van der Waals surface area contributed by atoms with Crippen molar-refractivity contribution in [1.82, 2.24) is 20.0 Å². The molecule has 2 N–H and O–H groups in total. The summed E-state index contributed by atoms with van der Waals surface area (Å²) in [5.74, 6) is -0.398. The number of H-pyrrole nitrogens is 1. The maximum Gasteiger partial charge on any atom is 0.262 e. The molecule has 7 nitrogen and oxygen atoms in total. The van der Waals surface area contributed by atoms with Crippen molar-refractivity contribution in [3.05, 3.63) is 77.0 Å². The van der Waals surface area contributed by atoms with Gasteiger partial charge in [-0.1, -0.05) is 30.3 Å². The van der Waals surface area contributed by atoms with E-state index in [-0.39, 0.29) is 5.56 Å². The van der Waals surface area contributed by atoms with Gasteiger partial charge in [0.25, 0.3) is 11.5 Å². The van der Waals surface area contributed by atoms with Crippen molar-refractivity contribution in [3.63, 3.8) is 0 Å². The van der Waals surface area contributed by atoms with Crippen LogP contribution in [0, 0.1) is 0 Å². The van der Waals surface area contributed by atoms with E-state index < -0.39 is 11.9 Å². The molecule has 0 saturated carbocycles. The first kappa shape index (κ1) is 16.7. The lowest BCUT2D eigenvalue weighted by Crippen LogP contribution is -2.33. The van der Waals surface area contributed by atoms with Gasteiger partial charge in [-0.3, -0.25) is 14.2 Å². The molecular weight excluding hydrogens is 342 g/mol. The number of aromatic amines is 1. The number of nitrogens with zero attached hydrogens (tertiary/aromatic N) is 3. The lowest BCUT2D eigenvalue weighted by atomic mass is 10.2. The Balaban J connectivity index is 1.53. The van der Waals surface area contributed by atoms with E-state index in [1.54, 1.807) is 31.3 Å². The van der Waals surface area contributed by atoms with E-state index in [1.165, 1.54) is 10.9 Å². The maximum atomic E-state index is 12.6. The summed E-state index contributed by atoms with van der Waals surface area (Å²) in [4.78, 5) is 32.4. The zero-order chi connectivity index (χ0) is 18.8. The highest BCUT2D eigenvalue weighted by Crippen LogP contribution is 2.15. The fourth-order valence-electron chi connectivity index (χ4n) is 2.94. The van der Waals surface area contributed by atoms with Gasteiger partial charge in [-0.05, 0) is 25.1 Å². The van der Waals surface area contributed by atoms with Crippen LogP contribution in [0.3, 0.4) is 0 Å². The highest BCUT2D eigenvalue weighted by molar-refractivity contribution is 5.99. The number of carbonyl (C=O) groups is 1. The summed E-state index contributed by atoms with van der Waals surface area (Å²) in [5.41, 5.74) is 4.69. The van der Waals surface area contributed by atoms with Gasteiger partial charge in [0.05, 0.1) is 23.4 Å². The summed E-state index contributed by atoms with van der Waals surface area (Å²) in [5, 5.41) is 5.51. The number of amides is 1. The molecule has 0 bridgehead atoms. The number of aromatic nitrogens is 3. The Morgan fingerprint density at radius 3 is 2.78 bits per heavy atom. The van der Waals surface area contributed by atoms with E-state index in [4.69, 9.17) is 0 Å². The van der Waals surface area contributed by atoms with Gasteiger partial charge in [0.15, 0.2) is 0 Å². The van der Waals surface area contributed by atoms with Crippen molar-refractivity contribution in [2.75, 3.05) is 0 Å². The standard InChI is InChI=1S/C20H17N5O2/c1-13(25-12-22-18-9-5-3-7-16(18)20(25)27)19(26)24-23-11-14-10-21-17-8-4-2-6-15(14)17/h2-13,21H,1H3,(H,24,26)/t13-/m1/s1. The van der Waals surface area contributed by atoms with Crippen LogP contribution in [0.2, 0.25) is 0 Å². The number of fused-ring (bicyclic) bond motifs is 2. The molecule has 0 spiro atoms. The molecular formula is C20H17N5O2. The number of benzene rings is 2. The first-order valence-electron chi connectivity index (χ1n) is 8.50. The molecule has 27 heavy (non-hydrogen) atoms. The van der Waals surface area contributed by atoms with Gasteiger partial charge in [-0.2, -0.15) is 5.10 Å². The first-order chi connectivity index (χ1) is 13.1. The Kier molecular flexibility index (Phi) is 4.25. The monoisotopic (exact) mass is 359 g/mol. The summed E-state index contributed by atoms with van der Waals surface area (Å²) < 4.78 is 1.30. The predicted molar refractivity (Wildman–Crippen MR) is 105 cm³/mol. The molecule has 7 heteroatoms. The number of hydrogen-bond acceptors (Lipinski definition) is 4. The number of rotatable bonds is 4. The van der Waals surface area contributed by atoms with Crippen LogP contribution < -0.4 is 11.0 Å². The zero-order valence-corrected chi connectivity index (χ0v) is 14.6. The van der Waals surface area contributed by atoms with Gasteiger partial charge in [-0.25, -0.2) is 10.4 Å². The van der Waals surface area contributed by atoms with Crippen molar-refractivity contribution in [1.29, 1.82) is 0 Å². The van der Waals surface area contributed by atoms with Crippen molar-refractivity contribution < 1.29 is 4.79 Å². The van der Waals surface area contributed by atoms with Crippen LogP contribution in [0.1, 0.15) is 18.5 Å². The maximum absolute atomic E-state index is 12.6. The second-order valence-electron chi connectivity index (χ2n) is 6.17. The fourth-order valence-corrected chi connectivity index (χ4v) is 2.94. The summed E-state index contributed by atoms with van der Waals surface area (Å²) in [6, 6.07) is 14.1. The van der Waals surface area contributed by atoms with E-state index in [1.807, 2.05) is 36.5 Å². The molecule has 0 aliphatic carbocycles. The number of carbonyl (C=O) groups excluding carboxylic acids is 1. The third-order valence-electron chi connectivity index (χ3n) is 4.49. The second kappa shape index (κ2) is 6.87. The Hall–Kier alpha value is -3.74. The smallest absolute Gasteiger partial charge is 0.262 e. The van der Waals surface area contributed by atoms with Crippen LogP contribution in [0.5, 0.6) is 0 Å². The van der Waals surface area contributed by atoms with Crippen LogP contribution in [0.15, 0.2) is 71.0 Å². The Morgan fingerprint density at radius 2 is 1.93 bits per heavy atom. The van der Waals surface area contributed by atoms with Gasteiger partial charge in [0, 0.05) is 22.7 Å². The first-order valence-corrected chi connectivity index (χ1v) is 8.50. The van der Waals surface area contributed by atoms with Gasteiger partial charge in [0.1, 0.15) is 6.04 Å². The van der Waals surface area contributed by atoms with Crippen molar-refractivity contribution >= 4 is 33.9 Å². The third-order valence-corrected chi connectivity index (χ3v) is 4.49. The molecule has 0 aliphatic heterocycles. The van der Waals surface area contributed by atoms with Crippen LogP contribution >= 0.6 is 0 Å². The molecule has 2 aromatic heterocycles. The zero-order valence-electron chi connectivity index (χ0n) is 14.6. The van der Waals surface area contributed by atoms with E-state index in [9.17, 15) is 9.59 Å². The minimum Gasteiger partial charge on any atom is -0.361 e. The Morgan fingerprint density at radius 1 is 1.19 bits per heavy atom. The summed E-state index contributed by atoms with van der Waals surface area (Å²) in [7, 11) is 0. The van der Waals surface area contributed by atoms with Crippen LogP contribution in [-0.2, 0) is 4.79 Å². The molecule has 2 aromatic carbocycles. The van der Waals surface area contributed by atoms with E-state index in [0.717, 1.165) is 16.5 Å². The van der Waals surface area contributed by atoms with Gasteiger partial charge in [0.2, 0.25) is 0 Å². The Labute approximate surface area is 154 Å². The SMILES string of the molecule is C[C@H](C(=O)NN=Cc1c[nH]c2ccccc12)n1cnc2ccccc2c1=O. The van der Waals surface area contributed by atoms with E-state index in [0.29, 0.717) is 10.9 Å². The van der Waals surface area contributed by atoms with Crippen molar-refractivity contribution in [2.45, 2.75) is 13.0 Å². The fraction of sp³-hybridized carbons (Fsp3) is 0.100. The summed E-state index contributed by atoms with van der Waals surface area (Å²) >= 11 is 0. The van der Waals surface area contributed by atoms with Crippen molar-refractivity contribution in [2.24, 2.45) is 5.10 Å². The quantitative estimate of drug-likeness (QED) is 0.433. The molecule has 4 aromatic rings. The topological polar surface area (TPSA) is 92.1 Å². The van der Waals surface area contributed by atoms with E-state index >= 15 is 0 Å². The molecule has 134 valence electrons. The van der Waals surface area contributed by atoms with Gasteiger partial charge < -0.3 is 4.98 Å². The number of nitrogens with one attached hydrogen (secondary N) is 2. The largest absolute Gasteiger partial charge is 0.361 e. The van der Waals surface area contributed by atoms with Gasteiger partial charge in [-0.15, -0.1) is 0 Å². The van der Waals surface area contributed by atoms with Gasteiger partial charge >= 0.3 is 0 Å². The minimum absolute atomic E-state index is 0.260. The number of hydrogen-bond donors (Lipinski definition) is 2. The van der Waals surface area contributed by atoms with Crippen LogP contribution in [0.4, 0.5) is 0 Å². The average molecular weight is 359 g/mol. The highest BCUT2D eigenvalue weighted by Gasteiger charge is 2.17. The van der Waals surface area contributed by atoms with Crippen molar-refractivity contribution in [3.8, 4) is 0 Å². The molecule has 0 saturated heterocycles. The molecule has 0 aliphatic rings. The molecule has 0 radical (unpaired) electrons. The number of hydrazone groups is 1. The third kappa shape index (κ3) is 3.10. The van der Waals surface area contributed by atoms with E-state index in [2.05, 4.69) is 20.5 Å².